The van der Waals surface area contributed by atoms with E-state index in [-0.39, 0.29) is 11.2 Å². The van der Waals surface area contributed by atoms with Gasteiger partial charge in [-0.1, -0.05) is 32.9 Å². The number of fused-ring (bicyclic) bond motifs is 1. The van der Waals surface area contributed by atoms with Crippen LogP contribution in [0, 0.1) is 0 Å². The van der Waals surface area contributed by atoms with Gasteiger partial charge in [0.15, 0.2) is 5.78 Å². The molecular formula is C14H18N2O. The molecule has 0 amide bonds. The smallest absolute Gasteiger partial charge is 0.159 e. The third-order valence-electron chi connectivity index (χ3n) is 2.95. The van der Waals surface area contributed by atoms with E-state index in [0.717, 1.165) is 16.5 Å². The van der Waals surface area contributed by atoms with Gasteiger partial charge in [-0.2, -0.15) is 5.10 Å². The van der Waals surface area contributed by atoms with Crippen molar-refractivity contribution in [3.63, 3.8) is 0 Å². The molecule has 0 fully saturated rings. The highest BCUT2D eigenvalue weighted by Gasteiger charge is 2.22. The summed E-state index contributed by atoms with van der Waals surface area (Å²) in [6, 6.07) is 5.74. The first kappa shape index (κ1) is 11.8. The second-order valence-corrected chi connectivity index (χ2v) is 5.51. The lowest BCUT2D eigenvalue weighted by molar-refractivity contribution is 0.101. The van der Waals surface area contributed by atoms with Crippen molar-refractivity contribution in [1.29, 1.82) is 0 Å². The zero-order chi connectivity index (χ0) is 12.8. The third-order valence-corrected chi connectivity index (χ3v) is 2.95. The summed E-state index contributed by atoms with van der Waals surface area (Å²) in [4.78, 5) is 11.3. The average molecular weight is 230 g/mol. The van der Waals surface area contributed by atoms with Gasteiger partial charge in [-0.25, -0.2) is 0 Å². The number of rotatable bonds is 1. The fraction of sp³-hybridized carbons (Fsp3) is 0.429. The first-order valence-electron chi connectivity index (χ1n) is 5.79. The highest BCUT2D eigenvalue weighted by Crippen LogP contribution is 2.29. The maximum atomic E-state index is 11.3. The number of hydrogen-bond acceptors (Lipinski definition) is 2. The fourth-order valence-electron chi connectivity index (χ4n) is 2.31. The van der Waals surface area contributed by atoms with Crippen molar-refractivity contribution in [1.82, 2.24) is 9.78 Å². The van der Waals surface area contributed by atoms with Crippen LogP contribution >= 0.6 is 0 Å². The minimum absolute atomic E-state index is 0.0429. The van der Waals surface area contributed by atoms with Crippen LogP contribution in [0.3, 0.4) is 0 Å². The van der Waals surface area contributed by atoms with Crippen LogP contribution in [0.4, 0.5) is 0 Å². The lowest BCUT2D eigenvalue weighted by Crippen LogP contribution is -2.16. The molecule has 3 nitrogen and oxygen atoms in total. The molecule has 0 unspecified atom stereocenters. The monoisotopic (exact) mass is 230 g/mol. The molecule has 1 aromatic carbocycles. The lowest BCUT2D eigenvalue weighted by Gasteiger charge is -2.19. The second-order valence-electron chi connectivity index (χ2n) is 5.51. The summed E-state index contributed by atoms with van der Waals surface area (Å²) in [5.41, 5.74) is 2.85. The molecule has 90 valence electrons. The largest absolute Gasteiger partial charge is 0.295 e. The number of aromatic nitrogens is 2. The topological polar surface area (TPSA) is 34.9 Å². The molecule has 0 spiro atoms. The van der Waals surface area contributed by atoms with Crippen molar-refractivity contribution in [2.75, 3.05) is 0 Å². The van der Waals surface area contributed by atoms with Gasteiger partial charge in [0.1, 0.15) is 0 Å². The van der Waals surface area contributed by atoms with E-state index in [1.807, 2.05) is 29.9 Å². The molecule has 17 heavy (non-hydrogen) atoms. The Kier molecular flexibility index (Phi) is 2.57. The van der Waals surface area contributed by atoms with Crippen molar-refractivity contribution in [2.24, 2.45) is 7.05 Å². The number of Topliss-reactive ketones (excluding diaryl/α,β-unsaturated/α-hetero) is 1. The Morgan fingerprint density at radius 2 is 1.94 bits per heavy atom. The molecule has 0 saturated heterocycles. The lowest BCUT2D eigenvalue weighted by atomic mass is 9.89. The van der Waals surface area contributed by atoms with Crippen LogP contribution in [-0.2, 0) is 12.5 Å². The van der Waals surface area contributed by atoms with Crippen LogP contribution in [0.2, 0.25) is 0 Å². The van der Waals surface area contributed by atoms with Gasteiger partial charge in [0.2, 0.25) is 0 Å². The fourth-order valence-corrected chi connectivity index (χ4v) is 2.31. The second kappa shape index (κ2) is 3.69. The molecule has 2 rings (SSSR count). The highest BCUT2D eigenvalue weighted by atomic mass is 16.1. The van der Waals surface area contributed by atoms with Gasteiger partial charge in [0, 0.05) is 23.4 Å². The average Bonchev–Trinajstić information content (AvgIpc) is 2.51. The van der Waals surface area contributed by atoms with Crippen LogP contribution in [0.5, 0.6) is 0 Å². The number of benzene rings is 1. The highest BCUT2D eigenvalue weighted by molar-refractivity contribution is 5.98. The molecule has 1 heterocycles. The van der Waals surface area contributed by atoms with Crippen molar-refractivity contribution in [2.45, 2.75) is 33.1 Å². The van der Waals surface area contributed by atoms with Crippen molar-refractivity contribution in [3.8, 4) is 0 Å². The summed E-state index contributed by atoms with van der Waals surface area (Å²) in [5.74, 6) is 0.0786. The number of carbonyl (C=O) groups excluding carboxylic acids is 1. The van der Waals surface area contributed by atoms with E-state index in [1.54, 1.807) is 6.92 Å². The number of carbonyl (C=O) groups is 1. The van der Waals surface area contributed by atoms with E-state index >= 15 is 0 Å². The van der Waals surface area contributed by atoms with E-state index in [4.69, 9.17) is 0 Å². The minimum atomic E-state index is 0.0429. The van der Waals surface area contributed by atoms with Crippen molar-refractivity contribution >= 4 is 16.7 Å². The molecule has 0 bridgehead atoms. The summed E-state index contributed by atoms with van der Waals surface area (Å²) >= 11 is 0. The molecule has 0 aliphatic carbocycles. The number of nitrogens with zero attached hydrogens (tertiary/aromatic N) is 2. The van der Waals surface area contributed by atoms with E-state index in [9.17, 15) is 4.79 Å². The normalized spacial score (nSPS) is 12.1. The summed E-state index contributed by atoms with van der Waals surface area (Å²) in [6.07, 6.45) is 0. The molecule has 0 N–H and O–H groups in total. The van der Waals surface area contributed by atoms with Crippen LogP contribution in [-0.4, -0.2) is 15.6 Å². The first-order chi connectivity index (χ1) is 7.80. The van der Waals surface area contributed by atoms with Gasteiger partial charge < -0.3 is 0 Å². The molecule has 0 atom stereocenters. The van der Waals surface area contributed by atoms with Gasteiger partial charge in [-0.05, 0) is 13.0 Å². The molecule has 0 saturated carbocycles. The minimum Gasteiger partial charge on any atom is -0.295 e. The first-order valence-corrected chi connectivity index (χ1v) is 5.79. The van der Waals surface area contributed by atoms with E-state index < -0.39 is 0 Å². The third kappa shape index (κ3) is 1.97. The molecule has 3 heteroatoms. The van der Waals surface area contributed by atoms with Crippen LogP contribution in [0.1, 0.15) is 43.7 Å². The molecule has 0 radical (unpaired) electrons. The zero-order valence-electron chi connectivity index (χ0n) is 11.0. The van der Waals surface area contributed by atoms with Gasteiger partial charge in [-0.15, -0.1) is 0 Å². The van der Waals surface area contributed by atoms with Crippen molar-refractivity contribution < 1.29 is 4.79 Å². The van der Waals surface area contributed by atoms with Crippen molar-refractivity contribution in [3.05, 3.63) is 29.5 Å². The standard InChI is InChI=1S/C14H18N2O/c1-9(17)10-6-7-11-12(8-10)15-16(5)13(11)14(2,3)4/h6-8H,1-5H3. The molecule has 2 aromatic rings. The Hall–Kier alpha value is -1.64. The predicted molar refractivity (Wildman–Crippen MR) is 69.4 cm³/mol. The van der Waals surface area contributed by atoms with Gasteiger partial charge in [-0.3, -0.25) is 9.48 Å². The van der Waals surface area contributed by atoms with E-state index in [1.165, 1.54) is 5.69 Å². The Bertz CT molecular complexity index is 588. The molecule has 1 aromatic heterocycles. The quantitative estimate of drug-likeness (QED) is 0.706. The van der Waals surface area contributed by atoms with Crippen LogP contribution in [0.25, 0.3) is 10.9 Å². The summed E-state index contributed by atoms with van der Waals surface area (Å²) in [6.45, 7) is 8.09. The molecule has 0 aliphatic rings. The SMILES string of the molecule is CC(=O)c1ccc2c(C(C)(C)C)n(C)nc2c1. The maximum Gasteiger partial charge on any atom is 0.159 e. The summed E-state index contributed by atoms with van der Waals surface area (Å²) in [7, 11) is 1.95. The van der Waals surface area contributed by atoms with Gasteiger partial charge in [0.25, 0.3) is 0 Å². The Balaban J connectivity index is 2.73. The molecular weight excluding hydrogens is 212 g/mol. The van der Waals surface area contributed by atoms with Crippen LogP contribution in [0.15, 0.2) is 18.2 Å². The predicted octanol–water partition coefficient (Wildman–Crippen LogP) is 3.07. The van der Waals surface area contributed by atoms with Gasteiger partial charge in [0.05, 0.1) is 11.2 Å². The van der Waals surface area contributed by atoms with E-state index in [2.05, 4.69) is 25.9 Å². The summed E-state index contributed by atoms with van der Waals surface area (Å²) < 4.78 is 1.91. The van der Waals surface area contributed by atoms with Gasteiger partial charge >= 0.3 is 0 Å². The Labute approximate surface area is 101 Å². The number of ketones is 1. The summed E-state index contributed by atoms with van der Waals surface area (Å²) in [5, 5.41) is 5.62. The van der Waals surface area contributed by atoms with Crippen LogP contribution < -0.4 is 0 Å². The Morgan fingerprint density at radius 1 is 1.29 bits per heavy atom. The molecule has 0 aliphatic heterocycles. The number of hydrogen-bond donors (Lipinski definition) is 0. The zero-order valence-corrected chi connectivity index (χ0v) is 11.0. The number of aryl methyl sites for hydroxylation is 1. The van der Waals surface area contributed by atoms with E-state index in [0.29, 0.717) is 0 Å². The maximum absolute atomic E-state index is 11.3. The Morgan fingerprint density at radius 3 is 2.47 bits per heavy atom.